The highest BCUT2D eigenvalue weighted by atomic mass is 35.5. The summed E-state index contributed by atoms with van der Waals surface area (Å²) in [7, 11) is 0. The maximum Gasteiger partial charge on any atom is 0.240 e. The summed E-state index contributed by atoms with van der Waals surface area (Å²) in [5.74, 6) is 0.441. The minimum Gasteiger partial charge on any atom is -0.348 e. The van der Waals surface area contributed by atoms with Crippen molar-refractivity contribution in [3.05, 3.63) is 68.4 Å². The molecular formula is C19H18Cl2N4OS. The third kappa shape index (κ3) is 4.58. The third-order valence-electron chi connectivity index (χ3n) is 4.19. The molecular weight excluding hydrogens is 403 g/mol. The SMILES string of the molecule is Cc1ccc(-c2n[nH]c(=S)n2CC(=O)NC(C)c2ccc(Cl)c(Cl)c2)cc1. The summed E-state index contributed by atoms with van der Waals surface area (Å²) in [4.78, 5) is 12.6. The number of H-pyrrole nitrogens is 1. The van der Waals surface area contributed by atoms with Gasteiger partial charge in [-0.25, -0.2) is 0 Å². The number of hydrogen-bond acceptors (Lipinski definition) is 3. The summed E-state index contributed by atoms with van der Waals surface area (Å²) in [5, 5.41) is 10.9. The van der Waals surface area contributed by atoms with Crippen LogP contribution in [0.15, 0.2) is 42.5 Å². The number of halogens is 2. The van der Waals surface area contributed by atoms with Crippen molar-refractivity contribution in [3.8, 4) is 11.4 Å². The van der Waals surface area contributed by atoms with Crippen molar-refractivity contribution in [2.24, 2.45) is 0 Å². The van der Waals surface area contributed by atoms with Gasteiger partial charge in [-0.2, -0.15) is 5.10 Å². The highest BCUT2D eigenvalue weighted by Crippen LogP contribution is 2.25. The molecule has 1 aromatic heterocycles. The van der Waals surface area contributed by atoms with E-state index in [0.29, 0.717) is 20.6 Å². The van der Waals surface area contributed by atoms with Gasteiger partial charge in [0.2, 0.25) is 5.91 Å². The second-order valence-electron chi connectivity index (χ2n) is 6.27. The van der Waals surface area contributed by atoms with Gasteiger partial charge in [0, 0.05) is 5.56 Å². The normalized spacial score (nSPS) is 12.0. The number of aromatic nitrogens is 3. The van der Waals surface area contributed by atoms with Gasteiger partial charge in [-0.1, -0.05) is 59.1 Å². The topological polar surface area (TPSA) is 62.7 Å². The van der Waals surface area contributed by atoms with Crippen LogP contribution in [-0.2, 0) is 11.3 Å². The van der Waals surface area contributed by atoms with Crippen LogP contribution in [0.3, 0.4) is 0 Å². The highest BCUT2D eigenvalue weighted by Gasteiger charge is 2.15. The first kappa shape index (κ1) is 19.6. The van der Waals surface area contributed by atoms with E-state index in [1.165, 1.54) is 0 Å². The van der Waals surface area contributed by atoms with E-state index in [2.05, 4.69) is 15.5 Å². The van der Waals surface area contributed by atoms with Gasteiger partial charge in [-0.15, -0.1) is 0 Å². The monoisotopic (exact) mass is 420 g/mol. The van der Waals surface area contributed by atoms with Crippen molar-refractivity contribution >= 4 is 41.3 Å². The van der Waals surface area contributed by atoms with Gasteiger partial charge in [0.25, 0.3) is 0 Å². The van der Waals surface area contributed by atoms with Crippen LogP contribution < -0.4 is 5.32 Å². The number of amides is 1. The number of carbonyl (C=O) groups excluding carboxylic acids is 1. The Morgan fingerprint density at radius 2 is 1.93 bits per heavy atom. The number of nitrogens with zero attached hydrogens (tertiary/aromatic N) is 2. The maximum absolute atomic E-state index is 12.6. The molecule has 0 spiro atoms. The summed E-state index contributed by atoms with van der Waals surface area (Å²) < 4.78 is 2.07. The Labute approximate surface area is 172 Å². The van der Waals surface area contributed by atoms with Gasteiger partial charge in [0.15, 0.2) is 10.6 Å². The second kappa shape index (κ2) is 8.25. The molecule has 0 aliphatic carbocycles. The zero-order valence-electron chi connectivity index (χ0n) is 14.8. The molecule has 2 aromatic carbocycles. The van der Waals surface area contributed by atoms with Crippen molar-refractivity contribution in [3.63, 3.8) is 0 Å². The van der Waals surface area contributed by atoms with Crippen LogP contribution in [-0.4, -0.2) is 20.7 Å². The smallest absolute Gasteiger partial charge is 0.240 e. The lowest BCUT2D eigenvalue weighted by Crippen LogP contribution is -2.30. The molecule has 0 fully saturated rings. The molecule has 3 aromatic rings. The number of rotatable bonds is 5. The van der Waals surface area contributed by atoms with Crippen LogP contribution in [0, 0.1) is 11.7 Å². The molecule has 0 saturated carbocycles. The van der Waals surface area contributed by atoms with Gasteiger partial charge in [0.05, 0.1) is 16.1 Å². The third-order valence-corrected chi connectivity index (χ3v) is 5.24. The van der Waals surface area contributed by atoms with E-state index < -0.39 is 0 Å². The molecule has 0 aliphatic rings. The molecule has 0 bridgehead atoms. The Hall–Kier alpha value is -2.15. The van der Waals surface area contributed by atoms with E-state index in [0.717, 1.165) is 16.7 Å². The van der Waals surface area contributed by atoms with Crippen LogP contribution in [0.1, 0.15) is 24.1 Å². The lowest BCUT2D eigenvalue weighted by atomic mass is 10.1. The fraction of sp³-hybridized carbons (Fsp3) is 0.211. The molecule has 1 amide bonds. The molecule has 0 saturated heterocycles. The zero-order valence-corrected chi connectivity index (χ0v) is 17.1. The first-order chi connectivity index (χ1) is 12.8. The van der Waals surface area contributed by atoms with Crippen molar-refractivity contribution in [2.45, 2.75) is 26.4 Å². The zero-order chi connectivity index (χ0) is 19.6. The number of hydrogen-bond donors (Lipinski definition) is 2. The standard InChI is InChI=1S/C19H18Cl2N4OS/c1-11-3-5-13(6-4-11)18-23-24-19(27)25(18)10-17(26)22-12(2)14-7-8-15(20)16(21)9-14/h3-9,12H,10H2,1-2H3,(H,22,26)(H,24,27). The number of carbonyl (C=O) groups is 1. The van der Waals surface area contributed by atoms with Crippen molar-refractivity contribution in [1.82, 2.24) is 20.1 Å². The Bertz CT molecular complexity index is 1030. The summed E-state index contributed by atoms with van der Waals surface area (Å²) in [6.45, 7) is 3.95. The van der Waals surface area contributed by atoms with E-state index in [1.807, 2.05) is 44.2 Å². The Kier molecular flexibility index (Phi) is 5.99. The molecule has 8 heteroatoms. The van der Waals surface area contributed by atoms with Gasteiger partial charge in [-0.3, -0.25) is 14.5 Å². The van der Waals surface area contributed by atoms with E-state index in [-0.39, 0.29) is 18.5 Å². The molecule has 3 rings (SSSR count). The summed E-state index contributed by atoms with van der Waals surface area (Å²) in [5.41, 5.74) is 2.90. The van der Waals surface area contributed by atoms with Crippen LogP contribution in [0.25, 0.3) is 11.4 Å². The lowest BCUT2D eigenvalue weighted by Gasteiger charge is -2.16. The quantitative estimate of drug-likeness (QED) is 0.564. The number of aromatic amines is 1. The van der Waals surface area contributed by atoms with E-state index in [9.17, 15) is 4.79 Å². The fourth-order valence-electron chi connectivity index (χ4n) is 2.68. The first-order valence-corrected chi connectivity index (χ1v) is 9.48. The predicted molar refractivity (Wildman–Crippen MR) is 111 cm³/mol. The molecule has 0 radical (unpaired) electrons. The summed E-state index contributed by atoms with van der Waals surface area (Å²) >= 11 is 17.3. The van der Waals surface area contributed by atoms with Crippen LogP contribution in [0.4, 0.5) is 0 Å². The number of benzene rings is 2. The molecule has 1 atom stereocenters. The molecule has 27 heavy (non-hydrogen) atoms. The van der Waals surface area contributed by atoms with Gasteiger partial charge in [-0.05, 0) is 43.8 Å². The van der Waals surface area contributed by atoms with Crippen molar-refractivity contribution in [1.29, 1.82) is 0 Å². The van der Waals surface area contributed by atoms with Gasteiger partial charge in [0.1, 0.15) is 6.54 Å². The van der Waals surface area contributed by atoms with E-state index >= 15 is 0 Å². The predicted octanol–water partition coefficient (Wildman–Crippen LogP) is 5.10. The fourth-order valence-corrected chi connectivity index (χ4v) is 3.19. The largest absolute Gasteiger partial charge is 0.348 e. The molecule has 1 heterocycles. The van der Waals surface area contributed by atoms with Crippen LogP contribution >= 0.6 is 35.4 Å². The molecule has 140 valence electrons. The highest BCUT2D eigenvalue weighted by molar-refractivity contribution is 7.71. The molecule has 1 unspecified atom stereocenters. The molecule has 2 N–H and O–H groups in total. The van der Waals surface area contributed by atoms with Gasteiger partial charge >= 0.3 is 0 Å². The van der Waals surface area contributed by atoms with Crippen LogP contribution in [0.5, 0.6) is 0 Å². The minimum absolute atomic E-state index is 0.0597. The molecule has 0 aliphatic heterocycles. The first-order valence-electron chi connectivity index (χ1n) is 8.31. The minimum atomic E-state index is -0.226. The van der Waals surface area contributed by atoms with Crippen LogP contribution in [0.2, 0.25) is 10.0 Å². The Morgan fingerprint density at radius 3 is 2.59 bits per heavy atom. The second-order valence-corrected chi connectivity index (χ2v) is 7.47. The number of aryl methyl sites for hydroxylation is 1. The Morgan fingerprint density at radius 1 is 1.22 bits per heavy atom. The average molecular weight is 421 g/mol. The van der Waals surface area contributed by atoms with Gasteiger partial charge < -0.3 is 5.32 Å². The van der Waals surface area contributed by atoms with E-state index in [4.69, 9.17) is 35.4 Å². The van der Waals surface area contributed by atoms with Crippen molar-refractivity contribution in [2.75, 3.05) is 0 Å². The average Bonchev–Trinajstić information content (AvgIpc) is 2.98. The Balaban J connectivity index is 1.76. The summed E-state index contributed by atoms with van der Waals surface area (Å²) in [6.07, 6.45) is 0. The maximum atomic E-state index is 12.6. The molecule has 5 nitrogen and oxygen atoms in total. The summed E-state index contributed by atoms with van der Waals surface area (Å²) in [6, 6.07) is 12.9. The number of nitrogens with one attached hydrogen (secondary N) is 2. The lowest BCUT2D eigenvalue weighted by molar-refractivity contribution is -0.122. The van der Waals surface area contributed by atoms with E-state index in [1.54, 1.807) is 16.7 Å². The van der Waals surface area contributed by atoms with Crippen molar-refractivity contribution < 1.29 is 4.79 Å².